The molecule has 0 atom stereocenters. The van der Waals surface area contributed by atoms with E-state index in [2.05, 4.69) is 4.99 Å². The zero-order valence-electron chi connectivity index (χ0n) is 22.3. The molecule has 41 heavy (non-hydrogen) atoms. The standard InChI is InChI=1S/C27H28N4O7S3/c1-3-31(20-8-6-5-7-9-20)41(36,37)21-12-10-19(11-13-21)26(33)29-27-30(17-16-25(32)38-4-2)23-15-14-22(40(28,34)35)18-24(23)39-27/h5-15,18H,3-4,16-17H2,1-2H3,(H2,28,34,35). The number of para-hydroxylation sites is 1. The summed E-state index contributed by atoms with van der Waals surface area (Å²) in [6.07, 6.45) is -0.000110. The molecule has 2 N–H and O–H groups in total. The van der Waals surface area contributed by atoms with E-state index in [4.69, 9.17) is 9.88 Å². The molecule has 1 amide bonds. The van der Waals surface area contributed by atoms with Gasteiger partial charge in [-0.3, -0.25) is 13.9 Å². The zero-order valence-corrected chi connectivity index (χ0v) is 24.7. The number of carbonyl (C=O) groups is 2. The van der Waals surface area contributed by atoms with Gasteiger partial charge in [-0.1, -0.05) is 29.5 Å². The molecular weight excluding hydrogens is 589 g/mol. The van der Waals surface area contributed by atoms with E-state index in [1.807, 2.05) is 0 Å². The first kappa shape index (κ1) is 30.1. The molecule has 0 radical (unpaired) electrons. The van der Waals surface area contributed by atoms with Gasteiger partial charge in [-0.05, 0) is 68.4 Å². The highest BCUT2D eigenvalue weighted by molar-refractivity contribution is 7.92. The number of amides is 1. The lowest BCUT2D eigenvalue weighted by Crippen LogP contribution is -2.30. The number of fused-ring (bicyclic) bond motifs is 1. The first-order valence-corrected chi connectivity index (χ1v) is 16.3. The highest BCUT2D eigenvalue weighted by Crippen LogP contribution is 2.24. The molecule has 3 aromatic carbocycles. The van der Waals surface area contributed by atoms with Gasteiger partial charge in [0.05, 0.1) is 38.7 Å². The maximum absolute atomic E-state index is 13.3. The van der Waals surface area contributed by atoms with Crippen molar-refractivity contribution in [3.8, 4) is 0 Å². The van der Waals surface area contributed by atoms with E-state index in [9.17, 15) is 26.4 Å². The third kappa shape index (κ3) is 6.73. The van der Waals surface area contributed by atoms with Crippen LogP contribution in [0.2, 0.25) is 0 Å². The van der Waals surface area contributed by atoms with Crippen molar-refractivity contribution in [3.05, 3.63) is 83.2 Å². The van der Waals surface area contributed by atoms with Crippen molar-refractivity contribution in [1.82, 2.24) is 4.57 Å². The topological polar surface area (TPSA) is 158 Å². The van der Waals surface area contributed by atoms with Crippen LogP contribution in [-0.2, 0) is 36.1 Å². The predicted molar refractivity (Wildman–Crippen MR) is 155 cm³/mol. The van der Waals surface area contributed by atoms with Crippen LogP contribution in [0.5, 0.6) is 0 Å². The van der Waals surface area contributed by atoms with Crippen LogP contribution in [-0.4, -0.2) is 46.4 Å². The summed E-state index contributed by atoms with van der Waals surface area (Å²) >= 11 is 1.05. The van der Waals surface area contributed by atoms with Gasteiger partial charge in [-0.25, -0.2) is 22.0 Å². The summed E-state index contributed by atoms with van der Waals surface area (Å²) in [6.45, 7) is 3.98. The summed E-state index contributed by atoms with van der Waals surface area (Å²) in [7, 11) is -7.85. The normalized spacial score (nSPS) is 12.4. The molecule has 1 aromatic heterocycles. The summed E-state index contributed by atoms with van der Waals surface area (Å²) in [5, 5.41) is 5.27. The van der Waals surface area contributed by atoms with Gasteiger partial charge in [0, 0.05) is 18.7 Å². The highest BCUT2D eigenvalue weighted by Gasteiger charge is 2.24. The van der Waals surface area contributed by atoms with E-state index < -0.39 is 31.9 Å². The van der Waals surface area contributed by atoms with Crippen molar-refractivity contribution < 1.29 is 31.2 Å². The van der Waals surface area contributed by atoms with Crippen molar-refractivity contribution in [2.45, 2.75) is 36.6 Å². The molecule has 0 spiro atoms. The number of esters is 1. The smallest absolute Gasteiger partial charge is 0.307 e. The van der Waals surface area contributed by atoms with Crippen LogP contribution in [0.3, 0.4) is 0 Å². The molecule has 0 aliphatic rings. The molecule has 14 heteroatoms. The Morgan fingerprint density at radius 1 is 0.951 bits per heavy atom. The first-order valence-electron chi connectivity index (χ1n) is 12.5. The third-order valence-corrected chi connectivity index (χ3v) is 9.91. The van der Waals surface area contributed by atoms with Gasteiger partial charge in [0.2, 0.25) is 10.0 Å². The van der Waals surface area contributed by atoms with Crippen LogP contribution in [0.15, 0.2) is 87.6 Å². The van der Waals surface area contributed by atoms with Crippen molar-refractivity contribution >= 4 is 59.2 Å². The quantitative estimate of drug-likeness (QED) is 0.268. The van der Waals surface area contributed by atoms with Gasteiger partial charge in [0.1, 0.15) is 0 Å². The Hall–Kier alpha value is -3.85. The van der Waals surface area contributed by atoms with Gasteiger partial charge in [-0.2, -0.15) is 4.99 Å². The second kappa shape index (κ2) is 12.3. The minimum Gasteiger partial charge on any atom is -0.466 e. The Bertz CT molecular complexity index is 1860. The predicted octanol–water partition coefficient (Wildman–Crippen LogP) is 3.26. The van der Waals surface area contributed by atoms with Gasteiger partial charge < -0.3 is 9.30 Å². The molecule has 0 bridgehead atoms. The van der Waals surface area contributed by atoms with Gasteiger partial charge >= 0.3 is 5.97 Å². The van der Waals surface area contributed by atoms with Crippen LogP contribution in [0.25, 0.3) is 10.2 Å². The Morgan fingerprint density at radius 2 is 1.61 bits per heavy atom. The molecule has 4 rings (SSSR count). The monoisotopic (exact) mass is 616 g/mol. The number of primary sulfonamides is 1. The number of anilines is 1. The Morgan fingerprint density at radius 3 is 2.22 bits per heavy atom. The fourth-order valence-corrected chi connectivity index (χ4v) is 7.28. The number of thiazole rings is 1. The highest BCUT2D eigenvalue weighted by atomic mass is 32.2. The Kier molecular flexibility index (Phi) is 9.07. The maximum atomic E-state index is 13.3. The average molecular weight is 617 g/mol. The van der Waals surface area contributed by atoms with Gasteiger partial charge in [-0.15, -0.1) is 0 Å². The average Bonchev–Trinajstić information content (AvgIpc) is 3.28. The Balaban J connectivity index is 1.70. The molecule has 0 saturated carbocycles. The number of hydrogen-bond donors (Lipinski definition) is 1. The van der Waals surface area contributed by atoms with Gasteiger partial charge in [0.25, 0.3) is 15.9 Å². The number of sulfonamides is 2. The van der Waals surface area contributed by atoms with Crippen LogP contribution in [0, 0.1) is 0 Å². The van der Waals surface area contributed by atoms with Crippen molar-refractivity contribution in [3.63, 3.8) is 0 Å². The summed E-state index contributed by atoms with van der Waals surface area (Å²) in [5.74, 6) is -1.08. The largest absolute Gasteiger partial charge is 0.466 e. The summed E-state index contributed by atoms with van der Waals surface area (Å²) in [6, 6.07) is 18.4. The molecule has 0 fully saturated rings. The number of ether oxygens (including phenoxy) is 1. The molecule has 0 aliphatic carbocycles. The second-order valence-corrected chi connectivity index (χ2v) is 13.1. The number of nitrogens with zero attached hydrogens (tertiary/aromatic N) is 3. The first-order chi connectivity index (χ1) is 19.5. The Labute approximate surface area is 241 Å². The SMILES string of the molecule is CCOC(=O)CCn1c(=NC(=O)c2ccc(S(=O)(=O)N(CC)c3ccccc3)cc2)sc2cc(S(N)(=O)=O)ccc21. The lowest BCUT2D eigenvalue weighted by atomic mass is 10.2. The van der Waals surface area contributed by atoms with Crippen LogP contribution in [0.1, 0.15) is 30.6 Å². The summed E-state index contributed by atoms with van der Waals surface area (Å²) in [4.78, 5) is 29.5. The lowest BCUT2D eigenvalue weighted by molar-refractivity contribution is -0.143. The van der Waals surface area contributed by atoms with E-state index in [1.165, 1.54) is 46.8 Å². The second-order valence-electron chi connectivity index (χ2n) is 8.71. The molecule has 4 aromatic rings. The summed E-state index contributed by atoms with van der Waals surface area (Å²) in [5.41, 5.74) is 1.22. The van der Waals surface area contributed by atoms with Crippen molar-refractivity contribution in [1.29, 1.82) is 0 Å². The minimum absolute atomic E-state index is 0.000110. The number of rotatable bonds is 10. The number of nitrogens with two attached hydrogens (primary N) is 1. The van der Waals surface area contributed by atoms with Crippen molar-refractivity contribution in [2.24, 2.45) is 10.1 Å². The fourth-order valence-electron chi connectivity index (χ4n) is 4.10. The van der Waals surface area contributed by atoms with Crippen LogP contribution < -0.4 is 14.2 Å². The molecule has 0 aliphatic heterocycles. The van der Waals surface area contributed by atoms with E-state index in [-0.39, 0.29) is 46.3 Å². The number of aromatic nitrogens is 1. The van der Waals surface area contributed by atoms with E-state index in [0.717, 1.165) is 11.3 Å². The molecular formula is C27H28N4O7S3. The molecule has 1 heterocycles. The molecule has 0 unspecified atom stereocenters. The number of hydrogen-bond acceptors (Lipinski definition) is 8. The van der Waals surface area contributed by atoms with E-state index >= 15 is 0 Å². The summed E-state index contributed by atoms with van der Waals surface area (Å²) < 4.78 is 58.6. The zero-order chi connectivity index (χ0) is 29.8. The number of carbonyl (C=O) groups excluding carboxylic acids is 2. The maximum Gasteiger partial charge on any atom is 0.307 e. The number of benzene rings is 3. The van der Waals surface area contributed by atoms with E-state index in [1.54, 1.807) is 48.7 Å². The fraction of sp³-hybridized carbons (Fsp3) is 0.222. The van der Waals surface area contributed by atoms with Crippen molar-refractivity contribution in [2.75, 3.05) is 17.5 Å². The third-order valence-electron chi connectivity index (χ3n) is 6.05. The lowest BCUT2D eigenvalue weighted by Gasteiger charge is -2.22. The van der Waals surface area contributed by atoms with Crippen LogP contribution >= 0.6 is 11.3 Å². The van der Waals surface area contributed by atoms with Gasteiger partial charge in [0.15, 0.2) is 4.80 Å². The molecule has 216 valence electrons. The minimum atomic E-state index is -3.97. The van der Waals surface area contributed by atoms with E-state index in [0.29, 0.717) is 15.9 Å². The number of aryl methyl sites for hydroxylation is 1. The molecule has 0 saturated heterocycles. The molecule has 11 nitrogen and oxygen atoms in total. The van der Waals surface area contributed by atoms with Crippen LogP contribution in [0.4, 0.5) is 5.69 Å².